The Balaban J connectivity index is 0.00000320. The average Bonchev–Trinajstić information content (AvgIpc) is 3.14. The van der Waals surface area contributed by atoms with Crippen LogP contribution in [0.1, 0.15) is 30.5 Å². The molecule has 0 spiro atoms. The summed E-state index contributed by atoms with van der Waals surface area (Å²) in [4.78, 5) is 10.1. The molecule has 1 aromatic heterocycles. The molecule has 5 nitrogen and oxygen atoms in total. The Morgan fingerprint density at radius 2 is 1.70 bits per heavy atom. The van der Waals surface area contributed by atoms with Crippen molar-refractivity contribution in [1.82, 2.24) is 20.5 Å². The van der Waals surface area contributed by atoms with Crippen molar-refractivity contribution in [3.05, 3.63) is 71.4 Å². The molecular formula is C24H34IN5. The number of para-hydroxylation sites is 1. The van der Waals surface area contributed by atoms with Gasteiger partial charge >= 0.3 is 0 Å². The van der Waals surface area contributed by atoms with Gasteiger partial charge in [0.15, 0.2) is 5.96 Å². The van der Waals surface area contributed by atoms with Gasteiger partial charge in [-0.3, -0.25) is 9.89 Å². The number of nitrogens with zero attached hydrogens (tertiary/aromatic N) is 2. The van der Waals surface area contributed by atoms with E-state index < -0.39 is 0 Å². The van der Waals surface area contributed by atoms with Gasteiger partial charge in [0.1, 0.15) is 0 Å². The van der Waals surface area contributed by atoms with E-state index >= 15 is 0 Å². The van der Waals surface area contributed by atoms with Crippen LogP contribution in [0.5, 0.6) is 0 Å². The van der Waals surface area contributed by atoms with Crippen LogP contribution in [0, 0.1) is 0 Å². The molecule has 0 saturated heterocycles. The standard InChI is InChI=1S/C24H33N5.HI/c1-18(2)29(4)17-21-10-6-5-9-19(21)15-28-24(25-3)26-14-13-20-16-27-23-12-8-7-11-22(20)23;/h5-12,16,18,27H,13-15,17H2,1-4H3,(H2,25,26,28);1H. The van der Waals surface area contributed by atoms with Crippen LogP contribution in [0.4, 0.5) is 0 Å². The van der Waals surface area contributed by atoms with Crippen LogP contribution in [0.25, 0.3) is 10.9 Å². The van der Waals surface area contributed by atoms with Crippen LogP contribution < -0.4 is 10.6 Å². The summed E-state index contributed by atoms with van der Waals surface area (Å²) in [6.45, 7) is 6.98. The lowest BCUT2D eigenvalue weighted by Gasteiger charge is -2.23. The number of aliphatic imine (C=N–C) groups is 1. The molecule has 3 N–H and O–H groups in total. The van der Waals surface area contributed by atoms with Gasteiger partial charge in [0.25, 0.3) is 0 Å². The normalized spacial score (nSPS) is 11.7. The van der Waals surface area contributed by atoms with Crippen molar-refractivity contribution in [2.45, 2.75) is 39.4 Å². The molecule has 0 fully saturated rings. The molecule has 0 saturated carbocycles. The Labute approximate surface area is 197 Å². The summed E-state index contributed by atoms with van der Waals surface area (Å²) in [5.74, 6) is 0.830. The van der Waals surface area contributed by atoms with Gasteiger partial charge in [0.2, 0.25) is 0 Å². The summed E-state index contributed by atoms with van der Waals surface area (Å²) in [6, 6.07) is 17.6. The van der Waals surface area contributed by atoms with Crippen LogP contribution in [0.2, 0.25) is 0 Å². The predicted molar refractivity (Wildman–Crippen MR) is 139 cm³/mol. The average molecular weight is 519 g/mol. The Hall–Kier alpha value is -2.06. The first kappa shape index (κ1) is 24.2. The zero-order chi connectivity index (χ0) is 20.6. The molecule has 0 aliphatic heterocycles. The summed E-state index contributed by atoms with van der Waals surface area (Å²) in [7, 11) is 3.99. The number of nitrogens with one attached hydrogen (secondary N) is 3. The Morgan fingerprint density at radius 1 is 1.00 bits per heavy atom. The number of hydrogen-bond donors (Lipinski definition) is 3. The number of halogens is 1. The lowest BCUT2D eigenvalue weighted by Crippen LogP contribution is -2.38. The minimum Gasteiger partial charge on any atom is -0.361 e. The smallest absolute Gasteiger partial charge is 0.191 e. The SMILES string of the molecule is CN=C(NCCc1c[nH]c2ccccc12)NCc1ccccc1CN(C)C(C)C.I. The highest BCUT2D eigenvalue weighted by molar-refractivity contribution is 14.0. The molecule has 0 bridgehead atoms. The molecule has 0 atom stereocenters. The van der Waals surface area contributed by atoms with E-state index in [1.54, 1.807) is 0 Å². The van der Waals surface area contributed by atoms with Crippen LogP contribution in [-0.4, -0.2) is 42.5 Å². The van der Waals surface area contributed by atoms with Crippen molar-refractivity contribution in [3.8, 4) is 0 Å². The summed E-state index contributed by atoms with van der Waals surface area (Å²) >= 11 is 0. The fourth-order valence-corrected chi connectivity index (χ4v) is 3.39. The fourth-order valence-electron chi connectivity index (χ4n) is 3.39. The second kappa shape index (κ2) is 12.0. The van der Waals surface area contributed by atoms with Gasteiger partial charge in [-0.05, 0) is 50.1 Å². The van der Waals surface area contributed by atoms with E-state index in [0.29, 0.717) is 6.04 Å². The molecule has 3 rings (SSSR count). The van der Waals surface area contributed by atoms with E-state index in [9.17, 15) is 0 Å². The first-order valence-corrected chi connectivity index (χ1v) is 10.3. The van der Waals surface area contributed by atoms with Gasteiger partial charge in [-0.25, -0.2) is 0 Å². The van der Waals surface area contributed by atoms with Crippen LogP contribution in [0.3, 0.4) is 0 Å². The van der Waals surface area contributed by atoms with Crippen molar-refractivity contribution >= 4 is 40.8 Å². The number of H-pyrrole nitrogens is 1. The second-order valence-corrected chi connectivity index (χ2v) is 7.74. The maximum atomic E-state index is 4.38. The van der Waals surface area contributed by atoms with Gasteiger partial charge in [0.05, 0.1) is 0 Å². The molecular weight excluding hydrogens is 485 g/mol. The molecule has 2 aromatic carbocycles. The summed E-state index contributed by atoms with van der Waals surface area (Å²) in [5.41, 5.74) is 5.17. The van der Waals surface area contributed by atoms with Crippen LogP contribution in [0.15, 0.2) is 59.7 Å². The maximum Gasteiger partial charge on any atom is 0.191 e. The predicted octanol–water partition coefficient (Wildman–Crippen LogP) is 4.53. The quantitative estimate of drug-likeness (QED) is 0.233. The number of guanidine groups is 1. The number of aromatic nitrogens is 1. The highest BCUT2D eigenvalue weighted by Gasteiger charge is 2.09. The fraction of sp³-hybridized carbons (Fsp3) is 0.375. The van der Waals surface area contributed by atoms with Gasteiger partial charge in [-0.15, -0.1) is 24.0 Å². The molecule has 3 aromatic rings. The number of fused-ring (bicyclic) bond motifs is 1. The minimum absolute atomic E-state index is 0. The molecule has 1 heterocycles. The Kier molecular flexibility index (Phi) is 9.65. The van der Waals surface area contributed by atoms with Gasteiger partial charge < -0.3 is 15.6 Å². The summed E-state index contributed by atoms with van der Waals surface area (Å²) in [5, 5.41) is 8.19. The van der Waals surface area contributed by atoms with E-state index in [2.05, 4.69) is 101 Å². The van der Waals surface area contributed by atoms with E-state index in [4.69, 9.17) is 0 Å². The number of hydrogen-bond acceptors (Lipinski definition) is 2. The molecule has 0 aliphatic rings. The van der Waals surface area contributed by atoms with E-state index in [0.717, 1.165) is 32.0 Å². The van der Waals surface area contributed by atoms with E-state index in [1.165, 1.54) is 27.6 Å². The molecule has 0 aliphatic carbocycles. The lowest BCUT2D eigenvalue weighted by atomic mass is 10.1. The second-order valence-electron chi connectivity index (χ2n) is 7.74. The highest BCUT2D eigenvalue weighted by Crippen LogP contribution is 2.17. The highest BCUT2D eigenvalue weighted by atomic mass is 127. The number of aromatic amines is 1. The Morgan fingerprint density at radius 3 is 2.43 bits per heavy atom. The van der Waals surface area contributed by atoms with Gasteiger partial charge in [-0.1, -0.05) is 42.5 Å². The van der Waals surface area contributed by atoms with Crippen molar-refractivity contribution in [3.63, 3.8) is 0 Å². The van der Waals surface area contributed by atoms with Crippen molar-refractivity contribution in [1.29, 1.82) is 0 Å². The van der Waals surface area contributed by atoms with Crippen molar-refractivity contribution in [2.75, 3.05) is 20.6 Å². The number of rotatable bonds is 8. The zero-order valence-electron chi connectivity index (χ0n) is 18.4. The van der Waals surface area contributed by atoms with Gasteiger partial charge in [-0.2, -0.15) is 0 Å². The largest absolute Gasteiger partial charge is 0.361 e. The van der Waals surface area contributed by atoms with Crippen molar-refractivity contribution < 1.29 is 0 Å². The molecule has 0 unspecified atom stereocenters. The first-order chi connectivity index (χ1) is 14.1. The van der Waals surface area contributed by atoms with Crippen LogP contribution in [-0.2, 0) is 19.5 Å². The minimum atomic E-state index is 0. The zero-order valence-corrected chi connectivity index (χ0v) is 20.7. The molecule has 0 amide bonds. The lowest BCUT2D eigenvalue weighted by molar-refractivity contribution is 0.265. The third kappa shape index (κ3) is 6.47. The molecule has 0 radical (unpaired) electrons. The monoisotopic (exact) mass is 519 g/mol. The van der Waals surface area contributed by atoms with E-state index in [1.807, 2.05) is 7.05 Å². The third-order valence-corrected chi connectivity index (χ3v) is 5.45. The maximum absolute atomic E-state index is 4.38. The number of benzene rings is 2. The van der Waals surface area contributed by atoms with Crippen LogP contribution >= 0.6 is 24.0 Å². The summed E-state index contributed by atoms with van der Waals surface area (Å²) in [6.07, 6.45) is 3.05. The Bertz CT molecular complexity index is 947. The first-order valence-electron chi connectivity index (χ1n) is 10.3. The van der Waals surface area contributed by atoms with Crippen molar-refractivity contribution in [2.24, 2.45) is 4.99 Å². The molecule has 30 heavy (non-hydrogen) atoms. The summed E-state index contributed by atoms with van der Waals surface area (Å²) < 4.78 is 0. The molecule has 162 valence electrons. The third-order valence-electron chi connectivity index (χ3n) is 5.45. The molecule has 6 heteroatoms. The van der Waals surface area contributed by atoms with E-state index in [-0.39, 0.29) is 24.0 Å². The topological polar surface area (TPSA) is 55.5 Å². The van der Waals surface area contributed by atoms with Gasteiger partial charge in [0, 0.05) is 49.8 Å².